The van der Waals surface area contributed by atoms with Gasteiger partial charge >= 0.3 is 11.7 Å². The summed E-state index contributed by atoms with van der Waals surface area (Å²) < 4.78 is 21.7. The van der Waals surface area contributed by atoms with Crippen LogP contribution < -0.4 is 16.0 Å². The molecule has 6 rings (SSSR count). The van der Waals surface area contributed by atoms with Gasteiger partial charge in [0.15, 0.2) is 0 Å². The van der Waals surface area contributed by atoms with Crippen LogP contribution >= 0.6 is 11.3 Å². The van der Waals surface area contributed by atoms with Gasteiger partial charge < -0.3 is 19.3 Å². The van der Waals surface area contributed by atoms with Crippen LogP contribution in [0.1, 0.15) is 42.9 Å². The lowest BCUT2D eigenvalue weighted by Crippen LogP contribution is -2.49. The molecule has 2 aliphatic rings. The van der Waals surface area contributed by atoms with Crippen molar-refractivity contribution in [1.82, 2.24) is 23.9 Å². The van der Waals surface area contributed by atoms with Gasteiger partial charge in [0, 0.05) is 24.3 Å². The Balaban J connectivity index is 1.57. The minimum absolute atomic E-state index is 0.0415. The van der Waals surface area contributed by atoms with Crippen LogP contribution in [0.25, 0.3) is 15.2 Å². The van der Waals surface area contributed by atoms with Crippen molar-refractivity contribution < 1.29 is 24.1 Å². The summed E-state index contributed by atoms with van der Waals surface area (Å²) in [6.07, 6.45) is 3.99. The number of carbonyl (C=O) groups is 1. The molecule has 1 saturated carbocycles. The fourth-order valence-electron chi connectivity index (χ4n) is 5.41. The van der Waals surface area contributed by atoms with E-state index in [1.54, 1.807) is 18.7 Å². The van der Waals surface area contributed by atoms with Crippen LogP contribution in [0, 0.1) is 6.92 Å². The predicted octanol–water partition coefficient (Wildman–Crippen LogP) is 2.63. The molecular weight excluding hydrogens is 538 g/mol. The molecule has 1 aliphatic carbocycles. The lowest BCUT2D eigenvalue weighted by Gasteiger charge is -2.29. The van der Waals surface area contributed by atoms with Crippen molar-refractivity contribution >= 4 is 27.5 Å². The molecule has 4 aromatic rings. The molecule has 1 saturated heterocycles. The molecule has 1 aliphatic heterocycles. The van der Waals surface area contributed by atoms with Gasteiger partial charge in [-0.25, -0.2) is 23.8 Å². The van der Waals surface area contributed by atoms with Crippen molar-refractivity contribution in [3.8, 4) is 10.8 Å². The summed E-state index contributed by atoms with van der Waals surface area (Å²) in [6, 6.07) is 7.45. The summed E-state index contributed by atoms with van der Waals surface area (Å²) in [5.41, 5.74) is -1.51. The lowest BCUT2D eigenvalue weighted by atomic mass is 10.1. The second kappa shape index (κ2) is 10.3. The van der Waals surface area contributed by atoms with Gasteiger partial charge in [0.1, 0.15) is 39.9 Å². The molecule has 0 unspecified atom stereocenters. The standard InChI is InChI=1S/C27H29N5O7S/c1-16-21-22(33)32(27(9-10-27)25(34)35)26(36)30(24(21)40-23(16)31-15-28-14-29-31)13-20(39-17-7-11-38-12-8-17)18-5-3-4-6-19(18)37-2/h3-6,14-15,17,20H,7-13H2,1-2H3,(H,34,35)/t20-/m0/s1. The Morgan fingerprint density at radius 3 is 2.65 bits per heavy atom. The number of hydrogen-bond donors (Lipinski definition) is 1. The van der Waals surface area contributed by atoms with Gasteiger partial charge in [-0.3, -0.25) is 9.36 Å². The molecule has 1 atom stereocenters. The molecule has 0 bridgehead atoms. The van der Waals surface area contributed by atoms with E-state index in [0.717, 1.165) is 10.1 Å². The van der Waals surface area contributed by atoms with Gasteiger partial charge in [-0.2, -0.15) is 5.10 Å². The average molecular weight is 568 g/mol. The van der Waals surface area contributed by atoms with E-state index in [4.69, 9.17) is 14.2 Å². The van der Waals surface area contributed by atoms with E-state index in [1.807, 2.05) is 24.3 Å². The predicted molar refractivity (Wildman–Crippen MR) is 146 cm³/mol. The summed E-state index contributed by atoms with van der Waals surface area (Å²) in [4.78, 5) is 44.8. The summed E-state index contributed by atoms with van der Waals surface area (Å²) >= 11 is 1.23. The molecule has 4 heterocycles. The maximum absolute atomic E-state index is 14.1. The maximum atomic E-state index is 14.1. The molecule has 40 heavy (non-hydrogen) atoms. The molecule has 210 valence electrons. The summed E-state index contributed by atoms with van der Waals surface area (Å²) in [7, 11) is 1.58. The third-order valence-corrected chi connectivity index (χ3v) is 9.03. The van der Waals surface area contributed by atoms with Gasteiger partial charge in [-0.05, 0) is 38.7 Å². The molecule has 0 radical (unpaired) electrons. The lowest BCUT2D eigenvalue weighted by molar-refractivity contribution is -0.142. The van der Waals surface area contributed by atoms with Gasteiger partial charge in [0.05, 0.1) is 25.1 Å². The first-order valence-electron chi connectivity index (χ1n) is 13.1. The van der Waals surface area contributed by atoms with Crippen molar-refractivity contribution in [3.63, 3.8) is 0 Å². The van der Waals surface area contributed by atoms with E-state index >= 15 is 0 Å². The van der Waals surface area contributed by atoms with Crippen LogP contribution in [0.15, 0.2) is 46.5 Å². The largest absolute Gasteiger partial charge is 0.496 e. The Morgan fingerprint density at radius 1 is 1.25 bits per heavy atom. The third-order valence-electron chi connectivity index (χ3n) is 7.72. The van der Waals surface area contributed by atoms with Crippen LogP contribution in [0.4, 0.5) is 0 Å². The molecule has 13 heteroatoms. The summed E-state index contributed by atoms with van der Waals surface area (Å²) in [5.74, 6) is -0.589. The number of carboxylic acid groups (broad SMARTS) is 1. The zero-order chi connectivity index (χ0) is 28.0. The molecule has 0 spiro atoms. The number of benzene rings is 1. The van der Waals surface area contributed by atoms with E-state index in [0.29, 0.717) is 47.2 Å². The van der Waals surface area contributed by atoms with E-state index in [9.17, 15) is 19.5 Å². The number of methoxy groups -OCH3 is 1. The van der Waals surface area contributed by atoms with Crippen LogP contribution in [0.3, 0.4) is 0 Å². The quantitative estimate of drug-likeness (QED) is 0.323. The minimum Gasteiger partial charge on any atom is -0.496 e. The Hall–Kier alpha value is -3.81. The monoisotopic (exact) mass is 567 g/mol. The second-order valence-corrected chi connectivity index (χ2v) is 11.1. The average Bonchev–Trinajstić information content (AvgIpc) is 3.42. The van der Waals surface area contributed by atoms with Crippen LogP contribution in [0.2, 0.25) is 0 Å². The highest BCUT2D eigenvalue weighted by Gasteiger charge is 2.55. The number of aromatic nitrogens is 5. The fraction of sp³-hybridized carbons (Fsp3) is 0.444. The SMILES string of the molecule is COc1ccccc1[C@H](Cn1c(=O)n(C2(C(=O)O)CC2)c(=O)c2c(C)c(-n3cncn3)sc21)OC1CCOCC1. The van der Waals surface area contributed by atoms with Gasteiger partial charge in [0.25, 0.3) is 5.56 Å². The first-order valence-corrected chi connectivity index (χ1v) is 13.9. The Labute approximate surface area is 232 Å². The fourth-order valence-corrected chi connectivity index (χ4v) is 6.65. The number of nitrogens with zero attached hydrogens (tertiary/aromatic N) is 5. The van der Waals surface area contributed by atoms with Crippen molar-refractivity contribution in [2.24, 2.45) is 0 Å². The van der Waals surface area contributed by atoms with Crippen LogP contribution in [0.5, 0.6) is 5.75 Å². The molecule has 12 nitrogen and oxygen atoms in total. The van der Waals surface area contributed by atoms with Gasteiger partial charge in [0.2, 0.25) is 0 Å². The third kappa shape index (κ3) is 4.34. The van der Waals surface area contributed by atoms with Crippen molar-refractivity contribution in [3.05, 3.63) is 68.9 Å². The van der Waals surface area contributed by atoms with Gasteiger partial charge in [-0.15, -0.1) is 0 Å². The first-order chi connectivity index (χ1) is 19.4. The summed E-state index contributed by atoms with van der Waals surface area (Å²) in [5, 5.41) is 15.2. The Bertz CT molecular complexity index is 1680. The Morgan fingerprint density at radius 2 is 2.00 bits per heavy atom. The van der Waals surface area contributed by atoms with Crippen molar-refractivity contribution in [2.75, 3.05) is 20.3 Å². The second-order valence-electron chi connectivity index (χ2n) is 10.1. The van der Waals surface area contributed by atoms with Crippen LogP contribution in [-0.2, 0) is 26.4 Å². The van der Waals surface area contributed by atoms with E-state index < -0.39 is 28.9 Å². The van der Waals surface area contributed by atoms with E-state index in [2.05, 4.69) is 10.1 Å². The zero-order valence-electron chi connectivity index (χ0n) is 22.1. The number of fused-ring (bicyclic) bond motifs is 1. The molecule has 1 aromatic carbocycles. The van der Waals surface area contributed by atoms with Crippen molar-refractivity contribution in [1.29, 1.82) is 0 Å². The number of aliphatic carboxylic acids is 1. The smallest absolute Gasteiger partial charge is 0.333 e. The maximum Gasteiger partial charge on any atom is 0.333 e. The molecular formula is C27H29N5O7S. The molecule has 0 amide bonds. The first kappa shape index (κ1) is 26.4. The highest BCUT2D eigenvalue weighted by atomic mass is 32.1. The number of carboxylic acids is 1. The number of rotatable bonds is 9. The topological polar surface area (TPSA) is 140 Å². The van der Waals surface area contributed by atoms with E-state index in [1.165, 1.54) is 28.6 Å². The highest BCUT2D eigenvalue weighted by molar-refractivity contribution is 7.21. The number of thiophene rings is 1. The normalized spacial score (nSPS) is 17.6. The molecule has 1 N–H and O–H groups in total. The summed E-state index contributed by atoms with van der Waals surface area (Å²) in [6.45, 7) is 2.96. The van der Waals surface area contributed by atoms with Crippen molar-refractivity contribution in [2.45, 2.75) is 56.9 Å². The zero-order valence-corrected chi connectivity index (χ0v) is 22.9. The highest BCUT2D eigenvalue weighted by Crippen LogP contribution is 2.43. The number of hydrogen-bond acceptors (Lipinski definition) is 9. The Kier molecular flexibility index (Phi) is 6.80. The molecule has 3 aromatic heterocycles. The van der Waals surface area contributed by atoms with Gasteiger partial charge in [-0.1, -0.05) is 29.5 Å². The molecule has 2 fully saturated rings. The number of aryl methyl sites for hydroxylation is 1. The van der Waals surface area contributed by atoms with E-state index in [-0.39, 0.29) is 30.9 Å². The number of para-hydroxylation sites is 1. The minimum atomic E-state index is -1.56. The van der Waals surface area contributed by atoms with Crippen LogP contribution in [-0.4, -0.2) is 61.4 Å². The number of ether oxygens (including phenoxy) is 3.